The van der Waals surface area contributed by atoms with Crippen molar-refractivity contribution in [3.8, 4) is 16.9 Å². The van der Waals surface area contributed by atoms with Crippen LogP contribution in [0.4, 0.5) is 9.59 Å². The molecular formula is C61H70N8O12. The fourth-order valence-electron chi connectivity index (χ4n) is 10.2. The molecule has 1 fully saturated rings. The molecule has 6 atom stereocenters. The quantitative estimate of drug-likeness (QED) is 0.0457. The average Bonchev–Trinajstić information content (AvgIpc) is 4.04. The predicted octanol–water partition coefficient (Wildman–Crippen LogP) is 7.37. The number of fused-ring (bicyclic) bond motifs is 4. The molecule has 0 saturated carbocycles. The van der Waals surface area contributed by atoms with Gasteiger partial charge >= 0.3 is 24.1 Å². The number of hydrogen-bond acceptors (Lipinski definition) is 13. The van der Waals surface area contributed by atoms with Gasteiger partial charge in [0.25, 0.3) is 0 Å². The number of carbonyl (C=O) groups excluding carboxylic acids is 6. The van der Waals surface area contributed by atoms with E-state index < -0.39 is 89.1 Å². The van der Waals surface area contributed by atoms with Crippen LogP contribution in [0.25, 0.3) is 21.9 Å². The van der Waals surface area contributed by atoms with Crippen molar-refractivity contribution >= 4 is 52.6 Å². The summed E-state index contributed by atoms with van der Waals surface area (Å²) in [5, 5.41) is 29.3. The Balaban J connectivity index is 0.950. The van der Waals surface area contributed by atoms with Gasteiger partial charge in [-0.05, 0) is 95.8 Å². The lowest BCUT2D eigenvalue weighted by molar-refractivity contribution is -0.147. The number of nitrogens with zero attached hydrogens (tertiary/aromatic N) is 5. The molecule has 426 valence electrons. The van der Waals surface area contributed by atoms with Gasteiger partial charge in [-0.15, -0.1) is 5.10 Å². The molecule has 4 unspecified atom stereocenters. The van der Waals surface area contributed by atoms with Crippen molar-refractivity contribution in [2.75, 3.05) is 27.3 Å². The third-order valence-corrected chi connectivity index (χ3v) is 14.6. The van der Waals surface area contributed by atoms with E-state index in [1.165, 1.54) is 30.7 Å². The molecule has 6 aromatic rings. The van der Waals surface area contributed by atoms with E-state index in [1.807, 2.05) is 84.9 Å². The Kier molecular flexibility index (Phi) is 17.8. The van der Waals surface area contributed by atoms with Crippen molar-refractivity contribution in [2.45, 2.75) is 122 Å². The molecule has 1 aliphatic heterocycles. The second kappa shape index (κ2) is 24.7. The number of alkyl carbamates (subject to hydrolysis) is 1. The number of aromatic nitrogens is 3. The molecule has 1 aliphatic carbocycles. The number of benzene rings is 5. The van der Waals surface area contributed by atoms with Crippen molar-refractivity contribution < 1.29 is 57.6 Å². The summed E-state index contributed by atoms with van der Waals surface area (Å²) in [5.74, 6) is -3.67. The SMILES string of the molecule is COC(=O)C(Cc1ccc(OCc2cn([C@@H]3CCN(C(=O)C(NC(=O)C(C)N(C)C(=O)OC(C)(C)C)C(C)(C)C)[C@@H]3C(=O)NC(Cc3ccc4ccccc4c3)C(=O)O)nn2)cc1)NC(=O)OCC1c2ccccc2-c2ccccc21. The zero-order valence-corrected chi connectivity index (χ0v) is 47.0. The molecule has 81 heavy (non-hydrogen) atoms. The summed E-state index contributed by atoms with van der Waals surface area (Å²) >= 11 is 0. The number of carboxylic acid groups (broad SMARTS) is 1. The highest BCUT2D eigenvalue weighted by Gasteiger charge is 2.48. The molecule has 1 aromatic heterocycles. The van der Waals surface area contributed by atoms with E-state index in [-0.39, 0.29) is 44.9 Å². The molecule has 5 aromatic carbocycles. The number of methoxy groups -OCH3 is 1. The molecule has 4 N–H and O–H groups in total. The zero-order valence-electron chi connectivity index (χ0n) is 47.0. The maximum Gasteiger partial charge on any atom is 0.410 e. The number of esters is 1. The van der Waals surface area contributed by atoms with E-state index in [2.05, 4.69) is 26.3 Å². The first-order chi connectivity index (χ1) is 38.5. The van der Waals surface area contributed by atoms with Gasteiger partial charge < -0.3 is 44.9 Å². The van der Waals surface area contributed by atoms with Crippen LogP contribution in [0.1, 0.15) is 94.8 Å². The highest BCUT2D eigenvalue weighted by molar-refractivity contribution is 5.96. The first kappa shape index (κ1) is 58.3. The van der Waals surface area contributed by atoms with Crippen LogP contribution in [0.2, 0.25) is 0 Å². The molecule has 1 saturated heterocycles. The molecule has 2 aliphatic rings. The number of likely N-dealkylation sites (N-methyl/N-ethyl adjacent to an activating group) is 1. The van der Waals surface area contributed by atoms with Crippen molar-refractivity contribution in [1.82, 2.24) is 40.7 Å². The van der Waals surface area contributed by atoms with E-state index in [0.717, 1.165) is 37.9 Å². The molecule has 8 rings (SSSR count). The molecule has 20 heteroatoms. The highest BCUT2D eigenvalue weighted by Crippen LogP contribution is 2.44. The third kappa shape index (κ3) is 14.0. The monoisotopic (exact) mass is 1110 g/mol. The number of hydrogen-bond donors (Lipinski definition) is 4. The Bertz CT molecular complexity index is 3250. The van der Waals surface area contributed by atoms with Gasteiger partial charge in [-0.1, -0.05) is 129 Å². The standard InChI is InChI=1S/C61H70N8O12/c1-36(67(8)59(77)81-61(5,6)7)53(70)64-52(60(2,3)4)55(72)68-29-28-50(51(68)54(71)62-48(56(73)74)32-38-22-25-39-16-10-11-17-40(39)30-38)69-33-41(65-66-69)34-79-42-26-23-37(24-27-42)31-49(57(75)78-9)63-58(76)80-35-47-45-20-14-12-18-43(45)44-19-13-15-21-46(44)47/h10-27,30,33,36,47-52H,28-29,31-32,34-35H2,1-9H3,(H,62,71)(H,63,76)(H,64,70)(H,73,74)/t36?,48?,49?,50-,51+,52?/m1/s1. The number of ether oxygens (including phenoxy) is 4. The van der Waals surface area contributed by atoms with Gasteiger partial charge in [0.1, 0.15) is 60.5 Å². The first-order valence-electron chi connectivity index (χ1n) is 26.9. The van der Waals surface area contributed by atoms with Crippen LogP contribution >= 0.6 is 0 Å². The van der Waals surface area contributed by atoms with Crippen molar-refractivity contribution in [3.63, 3.8) is 0 Å². The van der Waals surface area contributed by atoms with Crippen LogP contribution in [0, 0.1) is 5.41 Å². The average molecular weight is 1110 g/mol. The van der Waals surface area contributed by atoms with Crippen molar-refractivity contribution in [1.29, 1.82) is 0 Å². The van der Waals surface area contributed by atoms with Crippen molar-refractivity contribution in [3.05, 3.63) is 149 Å². The number of likely N-dealkylation sites (tertiary alicyclic amines) is 1. The lowest BCUT2D eigenvalue weighted by atomic mass is 9.85. The second-order valence-electron chi connectivity index (χ2n) is 22.6. The second-order valence-corrected chi connectivity index (χ2v) is 22.6. The minimum absolute atomic E-state index is 0.0237. The third-order valence-electron chi connectivity index (χ3n) is 14.6. The smallest absolute Gasteiger partial charge is 0.410 e. The molecule has 2 heterocycles. The van der Waals surface area contributed by atoms with E-state index >= 15 is 0 Å². The summed E-state index contributed by atoms with van der Waals surface area (Å²) in [4.78, 5) is 98.0. The Morgan fingerprint density at radius 1 is 0.765 bits per heavy atom. The summed E-state index contributed by atoms with van der Waals surface area (Å²) in [5.41, 5.74) is 4.26. The lowest BCUT2D eigenvalue weighted by Crippen LogP contribution is -2.61. The minimum atomic E-state index is -1.39. The van der Waals surface area contributed by atoms with Gasteiger partial charge in [0.2, 0.25) is 17.7 Å². The molecule has 20 nitrogen and oxygen atoms in total. The van der Waals surface area contributed by atoms with Crippen LogP contribution in [-0.4, -0.2) is 135 Å². The van der Waals surface area contributed by atoms with E-state index in [0.29, 0.717) is 22.6 Å². The van der Waals surface area contributed by atoms with Gasteiger partial charge in [0.15, 0.2) is 0 Å². The molecule has 0 bridgehead atoms. The number of aliphatic carboxylic acids is 1. The summed E-state index contributed by atoms with van der Waals surface area (Å²) < 4.78 is 23.8. The maximum absolute atomic E-state index is 14.9. The Hall–Kier alpha value is -8.81. The lowest BCUT2D eigenvalue weighted by Gasteiger charge is -2.37. The summed E-state index contributed by atoms with van der Waals surface area (Å²) in [6.45, 7) is 11.9. The molecule has 5 amide bonds. The first-order valence-corrected chi connectivity index (χ1v) is 26.9. The zero-order chi connectivity index (χ0) is 58.3. The van der Waals surface area contributed by atoms with Crippen LogP contribution in [0.15, 0.2) is 121 Å². The summed E-state index contributed by atoms with van der Waals surface area (Å²) in [7, 11) is 2.66. The van der Waals surface area contributed by atoms with Gasteiger partial charge in [0.05, 0.1) is 19.3 Å². The normalized spacial score (nSPS) is 16.4. The number of rotatable bonds is 19. The Morgan fingerprint density at radius 3 is 2.01 bits per heavy atom. The van der Waals surface area contributed by atoms with E-state index in [1.54, 1.807) is 78.1 Å². The Labute approximate surface area is 470 Å². The van der Waals surface area contributed by atoms with E-state index in [4.69, 9.17) is 18.9 Å². The van der Waals surface area contributed by atoms with Crippen LogP contribution in [0.3, 0.4) is 0 Å². The van der Waals surface area contributed by atoms with Gasteiger partial charge in [-0.2, -0.15) is 0 Å². The van der Waals surface area contributed by atoms with Crippen LogP contribution in [0.5, 0.6) is 5.75 Å². The summed E-state index contributed by atoms with van der Waals surface area (Å²) in [6, 6.07) is 29.2. The van der Waals surface area contributed by atoms with Crippen LogP contribution in [-0.2, 0) is 57.6 Å². The largest absolute Gasteiger partial charge is 0.487 e. The number of amides is 5. The fourth-order valence-corrected chi connectivity index (χ4v) is 10.2. The van der Waals surface area contributed by atoms with E-state index in [9.17, 15) is 38.7 Å². The van der Waals surface area contributed by atoms with Gasteiger partial charge in [0, 0.05) is 32.4 Å². The minimum Gasteiger partial charge on any atom is -0.487 e. The topological polar surface area (TPSA) is 250 Å². The van der Waals surface area contributed by atoms with Gasteiger partial charge in [-0.3, -0.25) is 19.3 Å². The van der Waals surface area contributed by atoms with Crippen LogP contribution < -0.4 is 20.7 Å². The number of carbonyl (C=O) groups is 7. The predicted molar refractivity (Wildman–Crippen MR) is 300 cm³/mol. The fraction of sp³-hybridized carbons (Fsp3) is 0.393. The van der Waals surface area contributed by atoms with Gasteiger partial charge in [-0.25, -0.2) is 23.9 Å². The van der Waals surface area contributed by atoms with Crippen molar-refractivity contribution in [2.24, 2.45) is 5.41 Å². The summed E-state index contributed by atoms with van der Waals surface area (Å²) in [6.07, 6.45) is 0.314. The molecule has 0 radical (unpaired) electrons. The number of nitrogens with one attached hydrogen (secondary N) is 3. The Morgan fingerprint density at radius 2 is 1.38 bits per heavy atom. The molecular weight excluding hydrogens is 1040 g/mol. The molecule has 0 spiro atoms. The number of carboxylic acids is 1. The highest BCUT2D eigenvalue weighted by atomic mass is 16.6. The maximum atomic E-state index is 14.9.